The highest BCUT2D eigenvalue weighted by Crippen LogP contribution is 2.28. The fourth-order valence-electron chi connectivity index (χ4n) is 4.19. The maximum absolute atomic E-state index is 11.9. The smallest absolute Gasteiger partial charge is 0.337 e. The third kappa shape index (κ3) is 3.70. The van der Waals surface area contributed by atoms with E-state index in [-0.39, 0.29) is 0 Å². The molecule has 3 rings (SSSR count). The average Bonchev–Trinajstić information content (AvgIpc) is 2.86. The van der Waals surface area contributed by atoms with Gasteiger partial charge in [-0.3, -0.25) is 0 Å². The summed E-state index contributed by atoms with van der Waals surface area (Å²) in [5.74, 6) is -0.0280. The molecule has 1 heterocycles. The van der Waals surface area contributed by atoms with Gasteiger partial charge in [0, 0.05) is 35.2 Å². The van der Waals surface area contributed by atoms with E-state index < -0.39 is 5.97 Å². The molecule has 1 aromatic heterocycles. The van der Waals surface area contributed by atoms with Crippen molar-refractivity contribution in [2.45, 2.75) is 66.0 Å². The lowest BCUT2D eigenvalue weighted by Crippen LogP contribution is -2.32. The number of carboxylic acid groups (broad SMARTS) is 1. The van der Waals surface area contributed by atoms with Crippen molar-refractivity contribution >= 4 is 5.97 Å². The highest BCUT2D eigenvalue weighted by molar-refractivity contribution is 5.91. The van der Waals surface area contributed by atoms with Crippen LogP contribution in [0.4, 0.5) is 0 Å². The van der Waals surface area contributed by atoms with Crippen molar-refractivity contribution in [1.82, 2.24) is 9.88 Å². The molecule has 4 heteroatoms. The predicted molar refractivity (Wildman–Crippen MR) is 105 cm³/mol. The Kier molecular flexibility index (Phi) is 5.52. The number of hydrogen-bond donors (Lipinski definition) is 2. The summed E-state index contributed by atoms with van der Waals surface area (Å²) in [4.78, 5) is 11.9. The van der Waals surface area contributed by atoms with Crippen LogP contribution in [0.25, 0.3) is 5.69 Å². The van der Waals surface area contributed by atoms with Gasteiger partial charge in [0.2, 0.25) is 0 Å². The standard InChI is InChI=1S/C22H30N2O2/c1-14-5-9-18(10-6-14)23-13-20-16(3)24(17(4)21(20)22(25)26)19-11-7-15(2)8-12-19/h7-8,11-12,14,18,23H,5-6,9-10,13H2,1-4H3,(H,25,26). The summed E-state index contributed by atoms with van der Waals surface area (Å²) in [6, 6.07) is 8.74. The Hall–Kier alpha value is -2.07. The summed E-state index contributed by atoms with van der Waals surface area (Å²) < 4.78 is 2.07. The molecular weight excluding hydrogens is 324 g/mol. The largest absolute Gasteiger partial charge is 0.478 e. The first kappa shape index (κ1) is 18.7. The summed E-state index contributed by atoms with van der Waals surface area (Å²) in [5, 5.41) is 13.4. The molecule has 2 aromatic rings. The zero-order valence-electron chi connectivity index (χ0n) is 16.3. The second-order valence-electron chi connectivity index (χ2n) is 7.84. The van der Waals surface area contributed by atoms with E-state index >= 15 is 0 Å². The number of aryl methyl sites for hydroxylation is 1. The van der Waals surface area contributed by atoms with Gasteiger partial charge in [0.05, 0.1) is 5.56 Å². The number of carbonyl (C=O) groups is 1. The fraction of sp³-hybridized carbons (Fsp3) is 0.500. The van der Waals surface area contributed by atoms with Crippen molar-refractivity contribution in [2.75, 3.05) is 0 Å². The fourth-order valence-corrected chi connectivity index (χ4v) is 4.19. The Morgan fingerprint density at radius 2 is 1.69 bits per heavy atom. The summed E-state index contributed by atoms with van der Waals surface area (Å²) >= 11 is 0. The Morgan fingerprint density at radius 1 is 1.08 bits per heavy atom. The van der Waals surface area contributed by atoms with Crippen LogP contribution >= 0.6 is 0 Å². The van der Waals surface area contributed by atoms with Crippen LogP contribution in [0.3, 0.4) is 0 Å². The number of carboxylic acids is 1. The van der Waals surface area contributed by atoms with Crippen LogP contribution in [0.1, 0.15) is 65.5 Å². The molecule has 4 nitrogen and oxygen atoms in total. The van der Waals surface area contributed by atoms with Gasteiger partial charge >= 0.3 is 5.97 Å². The third-order valence-corrected chi connectivity index (χ3v) is 5.86. The lowest BCUT2D eigenvalue weighted by Gasteiger charge is -2.27. The van der Waals surface area contributed by atoms with Gasteiger partial charge in [0.25, 0.3) is 0 Å². The second-order valence-corrected chi connectivity index (χ2v) is 7.84. The van der Waals surface area contributed by atoms with Gasteiger partial charge in [-0.25, -0.2) is 4.79 Å². The number of hydrogen-bond acceptors (Lipinski definition) is 2. The molecule has 2 N–H and O–H groups in total. The van der Waals surface area contributed by atoms with Gasteiger partial charge in [0.1, 0.15) is 0 Å². The Labute approximate surface area is 156 Å². The topological polar surface area (TPSA) is 54.3 Å². The molecule has 1 aliphatic rings. The minimum atomic E-state index is -0.842. The molecule has 0 saturated heterocycles. The van der Waals surface area contributed by atoms with Gasteiger partial charge < -0.3 is 15.0 Å². The molecule has 0 bridgehead atoms. The predicted octanol–water partition coefficient (Wildman–Crippen LogP) is 4.77. The molecule has 0 amide bonds. The van der Waals surface area contributed by atoms with E-state index in [1.807, 2.05) is 13.8 Å². The van der Waals surface area contributed by atoms with Crippen LogP contribution in [-0.2, 0) is 6.54 Å². The van der Waals surface area contributed by atoms with E-state index in [0.29, 0.717) is 18.2 Å². The van der Waals surface area contributed by atoms with Crippen molar-refractivity contribution in [2.24, 2.45) is 5.92 Å². The molecule has 26 heavy (non-hydrogen) atoms. The summed E-state index contributed by atoms with van der Waals surface area (Å²) in [7, 11) is 0. The van der Waals surface area contributed by atoms with Crippen molar-refractivity contribution < 1.29 is 9.90 Å². The van der Waals surface area contributed by atoms with Crippen molar-refractivity contribution in [3.8, 4) is 5.69 Å². The molecule has 0 spiro atoms. The molecule has 1 aromatic carbocycles. The highest BCUT2D eigenvalue weighted by atomic mass is 16.4. The Balaban J connectivity index is 1.90. The first-order valence-electron chi connectivity index (χ1n) is 9.63. The molecular formula is C22H30N2O2. The minimum absolute atomic E-state index is 0.444. The summed E-state index contributed by atoms with van der Waals surface area (Å²) in [5.41, 5.74) is 5.39. The zero-order chi connectivity index (χ0) is 18.8. The van der Waals surface area contributed by atoms with Crippen LogP contribution in [0.2, 0.25) is 0 Å². The number of rotatable bonds is 5. The molecule has 0 radical (unpaired) electrons. The molecule has 1 fully saturated rings. The second kappa shape index (κ2) is 7.67. The van der Waals surface area contributed by atoms with E-state index in [1.54, 1.807) is 0 Å². The number of nitrogens with one attached hydrogen (secondary N) is 1. The molecule has 1 aliphatic carbocycles. The highest BCUT2D eigenvalue weighted by Gasteiger charge is 2.24. The van der Waals surface area contributed by atoms with Gasteiger partial charge in [0.15, 0.2) is 0 Å². The molecule has 0 unspecified atom stereocenters. The maximum atomic E-state index is 11.9. The van der Waals surface area contributed by atoms with Crippen LogP contribution in [0.5, 0.6) is 0 Å². The first-order chi connectivity index (χ1) is 12.4. The average molecular weight is 354 g/mol. The van der Waals surface area contributed by atoms with Gasteiger partial charge in [-0.1, -0.05) is 24.6 Å². The SMILES string of the molecule is Cc1ccc(-n2c(C)c(CNC3CCC(C)CC3)c(C(=O)O)c2C)cc1. The molecule has 1 saturated carbocycles. The van der Waals surface area contributed by atoms with Crippen LogP contribution in [0, 0.1) is 26.7 Å². The number of benzene rings is 1. The first-order valence-corrected chi connectivity index (χ1v) is 9.63. The van der Waals surface area contributed by atoms with Crippen LogP contribution < -0.4 is 5.32 Å². The van der Waals surface area contributed by atoms with Crippen LogP contribution in [0.15, 0.2) is 24.3 Å². The normalized spacial score (nSPS) is 20.3. The van der Waals surface area contributed by atoms with E-state index in [2.05, 4.69) is 48.0 Å². The molecule has 140 valence electrons. The number of aromatic carboxylic acids is 1. The van der Waals surface area contributed by atoms with Crippen molar-refractivity contribution in [1.29, 1.82) is 0 Å². The quantitative estimate of drug-likeness (QED) is 0.813. The van der Waals surface area contributed by atoms with Gasteiger partial charge in [-0.15, -0.1) is 0 Å². The Bertz CT molecular complexity index is 781. The summed E-state index contributed by atoms with van der Waals surface area (Å²) in [6.07, 6.45) is 4.87. The van der Waals surface area contributed by atoms with Gasteiger partial charge in [-0.05, 0) is 64.5 Å². The molecule has 0 aliphatic heterocycles. The lowest BCUT2D eigenvalue weighted by molar-refractivity contribution is 0.0694. The maximum Gasteiger partial charge on any atom is 0.337 e. The monoisotopic (exact) mass is 354 g/mol. The lowest BCUT2D eigenvalue weighted by atomic mass is 9.87. The van der Waals surface area contributed by atoms with Gasteiger partial charge in [-0.2, -0.15) is 0 Å². The zero-order valence-corrected chi connectivity index (χ0v) is 16.3. The number of nitrogens with zero attached hydrogens (tertiary/aromatic N) is 1. The molecule has 0 atom stereocenters. The Morgan fingerprint density at radius 3 is 2.27 bits per heavy atom. The van der Waals surface area contributed by atoms with E-state index in [1.165, 1.54) is 31.2 Å². The third-order valence-electron chi connectivity index (χ3n) is 5.86. The van der Waals surface area contributed by atoms with E-state index in [0.717, 1.165) is 28.6 Å². The van der Waals surface area contributed by atoms with Crippen molar-refractivity contribution in [3.63, 3.8) is 0 Å². The minimum Gasteiger partial charge on any atom is -0.478 e. The van der Waals surface area contributed by atoms with Crippen LogP contribution in [-0.4, -0.2) is 21.7 Å². The van der Waals surface area contributed by atoms with Crippen molar-refractivity contribution in [3.05, 3.63) is 52.3 Å². The van der Waals surface area contributed by atoms with E-state index in [9.17, 15) is 9.90 Å². The number of aromatic nitrogens is 1. The van der Waals surface area contributed by atoms with E-state index in [4.69, 9.17) is 0 Å². The summed E-state index contributed by atoms with van der Waals surface area (Å²) in [6.45, 7) is 8.92.